The van der Waals surface area contributed by atoms with Crippen LogP contribution in [0.15, 0.2) is 36.4 Å². The molecule has 0 aliphatic heterocycles. The van der Waals surface area contributed by atoms with Gasteiger partial charge in [-0.3, -0.25) is 0 Å². The zero-order valence-corrected chi connectivity index (χ0v) is 12.6. The highest BCUT2D eigenvalue weighted by Crippen LogP contribution is 2.44. The Bertz CT molecular complexity index is 603. The first-order valence-corrected chi connectivity index (χ1v) is 7.63. The second kappa shape index (κ2) is 5.44. The van der Waals surface area contributed by atoms with E-state index >= 15 is 0 Å². The van der Waals surface area contributed by atoms with Gasteiger partial charge in [0.2, 0.25) is 0 Å². The maximum atomic E-state index is 9.65. The summed E-state index contributed by atoms with van der Waals surface area (Å²) in [4.78, 5) is 0. The second-order valence-corrected chi connectivity index (χ2v) is 6.30. The van der Waals surface area contributed by atoms with Crippen molar-refractivity contribution in [1.29, 1.82) is 0 Å². The predicted octanol–water partition coefficient (Wildman–Crippen LogP) is 4.77. The van der Waals surface area contributed by atoms with Gasteiger partial charge in [0.15, 0.2) is 0 Å². The summed E-state index contributed by atoms with van der Waals surface area (Å²) in [5.74, 6) is 1.90. The molecular weight excluding hydrogens is 260 g/mol. The first-order valence-electron chi connectivity index (χ1n) is 7.63. The molecule has 0 bridgehead atoms. The van der Waals surface area contributed by atoms with Gasteiger partial charge in [-0.15, -0.1) is 0 Å². The molecule has 2 aromatic rings. The standard InChI is InChI=1S/C19H22O2/c1-12-9-14(5-7-18(12)20)16-3-4-17(11-16)15-6-8-19(21)13(2)10-15/h5-10,16-17,20-21H,3-4,11H2,1-2H3. The van der Waals surface area contributed by atoms with Crippen molar-refractivity contribution < 1.29 is 10.2 Å². The van der Waals surface area contributed by atoms with Gasteiger partial charge in [0.05, 0.1) is 0 Å². The molecule has 0 heterocycles. The van der Waals surface area contributed by atoms with Crippen LogP contribution in [0.4, 0.5) is 0 Å². The van der Waals surface area contributed by atoms with Crippen molar-refractivity contribution >= 4 is 0 Å². The van der Waals surface area contributed by atoms with Crippen LogP contribution in [0.5, 0.6) is 11.5 Å². The molecule has 1 saturated carbocycles. The van der Waals surface area contributed by atoms with E-state index in [0.717, 1.165) is 17.5 Å². The SMILES string of the molecule is Cc1cc(C2CCC(c3ccc(O)c(C)c3)C2)ccc1O. The lowest BCUT2D eigenvalue weighted by Crippen LogP contribution is -1.96. The van der Waals surface area contributed by atoms with Crippen LogP contribution in [-0.4, -0.2) is 10.2 Å². The Labute approximate surface area is 126 Å². The molecule has 2 heteroatoms. The van der Waals surface area contributed by atoms with Crippen LogP contribution in [0.25, 0.3) is 0 Å². The number of rotatable bonds is 2. The normalized spacial score (nSPS) is 21.6. The average molecular weight is 282 g/mol. The number of benzene rings is 2. The Balaban J connectivity index is 1.78. The molecule has 0 saturated heterocycles. The summed E-state index contributed by atoms with van der Waals surface area (Å²) in [6.45, 7) is 3.91. The maximum absolute atomic E-state index is 9.65. The fourth-order valence-electron chi connectivity index (χ4n) is 3.45. The fraction of sp³-hybridized carbons (Fsp3) is 0.368. The smallest absolute Gasteiger partial charge is 0.118 e. The van der Waals surface area contributed by atoms with Gasteiger partial charge < -0.3 is 10.2 Å². The van der Waals surface area contributed by atoms with Crippen molar-refractivity contribution in [2.24, 2.45) is 0 Å². The van der Waals surface area contributed by atoms with Crippen LogP contribution in [-0.2, 0) is 0 Å². The zero-order valence-electron chi connectivity index (χ0n) is 12.6. The lowest BCUT2D eigenvalue weighted by molar-refractivity contribution is 0.470. The third-order valence-corrected chi connectivity index (χ3v) is 4.82. The number of phenolic OH excluding ortho intramolecular Hbond substituents is 2. The minimum absolute atomic E-state index is 0.377. The Kier molecular flexibility index (Phi) is 3.62. The first kappa shape index (κ1) is 14.0. The van der Waals surface area contributed by atoms with Crippen LogP contribution in [0.1, 0.15) is 53.4 Å². The third kappa shape index (κ3) is 2.76. The van der Waals surface area contributed by atoms with Crippen LogP contribution in [0, 0.1) is 13.8 Å². The number of hydrogen-bond acceptors (Lipinski definition) is 2. The van der Waals surface area contributed by atoms with Crippen molar-refractivity contribution in [2.45, 2.75) is 44.9 Å². The van der Waals surface area contributed by atoms with E-state index in [2.05, 4.69) is 24.3 Å². The third-order valence-electron chi connectivity index (χ3n) is 4.82. The monoisotopic (exact) mass is 282 g/mol. The molecule has 2 atom stereocenters. The molecule has 21 heavy (non-hydrogen) atoms. The Morgan fingerprint density at radius 1 is 0.762 bits per heavy atom. The molecule has 3 rings (SSSR count). The van der Waals surface area contributed by atoms with Gasteiger partial charge in [-0.1, -0.05) is 24.3 Å². The molecule has 0 spiro atoms. The lowest BCUT2D eigenvalue weighted by atomic mass is 9.91. The van der Waals surface area contributed by atoms with Gasteiger partial charge in [0.1, 0.15) is 11.5 Å². The van der Waals surface area contributed by atoms with Gasteiger partial charge in [0.25, 0.3) is 0 Å². The van der Waals surface area contributed by atoms with Crippen molar-refractivity contribution in [2.75, 3.05) is 0 Å². The van der Waals surface area contributed by atoms with E-state index in [9.17, 15) is 10.2 Å². The van der Waals surface area contributed by atoms with Crippen LogP contribution >= 0.6 is 0 Å². The number of phenols is 2. The Morgan fingerprint density at radius 2 is 1.19 bits per heavy atom. The predicted molar refractivity (Wildman–Crippen MR) is 85.0 cm³/mol. The van der Waals surface area contributed by atoms with Crippen LogP contribution in [0.2, 0.25) is 0 Å². The van der Waals surface area contributed by atoms with E-state index in [-0.39, 0.29) is 0 Å². The number of aromatic hydroxyl groups is 2. The molecule has 2 nitrogen and oxygen atoms in total. The zero-order chi connectivity index (χ0) is 15.0. The summed E-state index contributed by atoms with van der Waals surface area (Å²) in [6.07, 6.45) is 3.53. The molecule has 0 aromatic heterocycles. The summed E-state index contributed by atoms with van der Waals surface area (Å²) in [5, 5.41) is 19.3. The quantitative estimate of drug-likeness (QED) is 0.833. The van der Waals surface area contributed by atoms with E-state index in [1.54, 1.807) is 0 Å². The van der Waals surface area contributed by atoms with E-state index < -0.39 is 0 Å². The molecule has 2 unspecified atom stereocenters. The highest BCUT2D eigenvalue weighted by atomic mass is 16.3. The van der Waals surface area contributed by atoms with E-state index in [4.69, 9.17) is 0 Å². The minimum Gasteiger partial charge on any atom is -0.508 e. The topological polar surface area (TPSA) is 40.5 Å². The maximum Gasteiger partial charge on any atom is 0.118 e. The van der Waals surface area contributed by atoms with E-state index in [1.807, 2.05) is 26.0 Å². The van der Waals surface area contributed by atoms with Gasteiger partial charge in [0, 0.05) is 0 Å². The van der Waals surface area contributed by atoms with Gasteiger partial charge >= 0.3 is 0 Å². The summed E-state index contributed by atoms with van der Waals surface area (Å²) >= 11 is 0. The second-order valence-electron chi connectivity index (χ2n) is 6.30. The molecule has 1 fully saturated rings. The van der Waals surface area contributed by atoms with Crippen LogP contribution < -0.4 is 0 Å². The summed E-state index contributed by atoms with van der Waals surface area (Å²) in [5.41, 5.74) is 4.58. The molecule has 2 aromatic carbocycles. The van der Waals surface area contributed by atoms with Crippen LogP contribution in [0.3, 0.4) is 0 Å². The Hall–Kier alpha value is -1.96. The first-order chi connectivity index (χ1) is 10.0. The largest absolute Gasteiger partial charge is 0.508 e. The van der Waals surface area contributed by atoms with E-state index in [1.165, 1.54) is 24.0 Å². The number of hydrogen-bond donors (Lipinski definition) is 2. The molecule has 0 amide bonds. The average Bonchev–Trinajstić information content (AvgIpc) is 2.94. The number of aryl methyl sites for hydroxylation is 2. The minimum atomic E-state index is 0.377. The van der Waals surface area contributed by atoms with Gasteiger partial charge in [-0.05, 0) is 79.3 Å². The van der Waals surface area contributed by atoms with Gasteiger partial charge in [-0.25, -0.2) is 0 Å². The highest BCUT2D eigenvalue weighted by molar-refractivity contribution is 5.39. The molecule has 110 valence electrons. The molecule has 0 radical (unpaired) electrons. The molecule has 1 aliphatic rings. The van der Waals surface area contributed by atoms with E-state index in [0.29, 0.717) is 23.3 Å². The van der Waals surface area contributed by atoms with Crippen molar-refractivity contribution in [3.8, 4) is 11.5 Å². The van der Waals surface area contributed by atoms with Crippen molar-refractivity contribution in [1.82, 2.24) is 0 Å². The summed E-state index contributed by atoms with van der Waals surface area (Å²) in [7, 11) is 0. The lowest BCUT2D eigenvalue weighted by Gasteiger charge is -2.14. The molecular formula is C19H22O2. The fourth-order valence-corrected chi connectivity index (χ4v) is 3.45. The summed E-state index contributed by atoms with van der Waals surface area (Å²) in [6, 6.07) is 12.0. The summed E-state index contributed by atoms with van der Waals surface area (Å²) < 4.78 is 0. The molecule has 1 aliphatic carbocycles. The van der Waals surface area contributed by atoms with Crippen molar-refractivity contribution in [3.05, 3.63) is 58.7 Å². The molecule has 2 N–H and O–H groups in total. The van der Waals surface area contributed by atoms with Gasteiger partial charge in [-0.2, -0.15) is 0 Å². The van der Waals surface area contributed by atoms with Crippen molar-refractivity contribution in [3.63, 3.8) is 0 Å². The Morgan fingerprint density at radius 3 is 1.57 bits per heavy atom. The highest BCUT2D eigenvalue weighted by Gasteiger charge is 2.27.